The molecule has 2 aromatic carbocycles. The first-order chi connectivity index (χ1) is 16.9. The van der Waals surface area contributed by atoms with Crippen molar-refractivity contribution in [3.8, 4) is 17.1 Å². The number of pyridine rings is 1. The van der Waals surface area contributed by atoms with Crippen LogP contribution in [0.5, 0.6) is 0 Å². The van der Waals surface area contributed by atoms with Crippen LogP contribution >= 0.6 is 11.8 Å². The van der Waals surface area contributed by atoms with Gasteiger partial charge in [0.2, 0.25) is 5.91 Å². The maximum absolute atomic E-state index is 13.3. The Kier molecular flexibility index (Phi) is 7.60. The first-order valence-electron chi connectivity index (χ1n) is 11.5. The van der Waals surface area contributed by atoms with Gasteiger partial charge in [-0.15, -0.1) is 10.2 Å². The normalized spacial score (nSPS) is 12.1. The minimum Gasteiger partial charge on any atom is -0.338 e. The van der Waals surface area contributed by atoms with E-state index in [-0.39, 0.29) is 29.4 Å². The van der Waals surface area contributed by atoms with Crippen LogP contribution in [0.2, 0.25) is 0 Å². The highest BCUT2D eigenvalue weighted by Crippen LogP contribution is 2.32. The molecule has 0 spiro atoms. The molecule has 0 fully saturated rings. The number of carbonyl (C=O) groups is 1. The van der Waals surface area contributed by atoms with Gasteiger partial charge in [-0.1, -0.05) is 55.9 Å². The van der Waals surface area contributed by atoms with E-state index in [4.69, 9.17) is 0 Å². The highest BCUT2D eigenvalue weighted by molar-refractivity contribution is 7.99. The molecule has 1 atom stereocenters. The van der Waals surface area contributed by atoms with Crippen molar-refractivity contribution >= 4 is 17.7 Å². The number of hydrogen-bond acceptors (Lipinski definition) is 5. The average molecular weight is 490 g/mol. The molecule has 4 rings (SSSR count). The van der Waals surface area contributed by atoms with Crippen molar-refractivity contribution in [1.82, 2.24) is 24.6 Å². The Morgan fingerprint density at radius 1 is 1.03 bits per heavy atom. The van der Waals surface area contributed by atoms with Crippen LogP contribution < -0.4 is 0 Å². The molecule has 180 valence electrons. The van der Waals surface area contributed by atoms with Gasteiger partial charge in [0.1, 0.15) is 5.82 Å². The van der Waals surface area contributed by atoms with Gasteiger partial charge in [-0.3, -0.25) is 14.3 Å². The van der Waals surface area contributed by atoms with Crippen molar-refractivity contribution < 1.29 is 9.18 Å². The van der Waals surface area contributed by atoms with Crippen LogP contribution in [0.3, 0.4) is 0 Å². The number of hydrogen-bond donors (Lipinski definition) is 0. The summed E-state index contributed by atoms with van der Waals surface area (Å²) in [6.45, 7) is 6.22. The predicted molar refractivity (Wildman–Crippen MR) is 137 cm³/mol. The molecular formula is C27H28FN5OS. The highest BCUT2D eigenvalue weighted by Gasteiger charge is 2.22. The highest BCUT2D eigenvalue weighted by atomic mass is 32.2. The van der Waals surface area contributed by atoms with Gasteiger partial charge in [-0.2, -0.15) is 0 Å². The van der Waals surface area contributed by atoms with E-state index in [2.05, 4.69) is 35.1 Å². The zero-order valence-electron chi connectivity index (χ0n) is 20.2. The third-order valence-corrected chi connectivity index (χ3v) is 6.92. The van der Waals surface area contributed by atoms with Crippen LogP contribution in [0, 0.1) is 5.82 Å². The van der Waals surface area contributed by atoms with Gasteiger partial charge in [0.15, 0.2) is 11.0 Å². The second-order valence-electron chi connectivity index (χ2n) is 8.62. The molecule has 2 heterocycles. The van der Waals surface area contributed by atoms with E-state index < -0.39 is 0 Å². The van der Waals surface area contributed by atoms with Crippen molar-refractivity contribution in [2.75, 3.05) is 12.8 Å². The summed E-state index contributed by atoms with van der Waals surface area (Å²) < 4.78 is 15.3. The van der Waals surface area contributed by atoms with Gasteiger partial charge in [-0.25, -0.2) is 4.39 Å². The van der Waals surface area contributed by atoms with Gasteiger partial charge in [-0.05, 0) is 54.3 Å². The van der Waals surface area contributed by atoms with Gasteiger partial charge >= 0.3 is 0 Å². The number of benzene rings is 2. The minimum atomic E-state index is -0.295. The Morgan fingerprint density at radius 3 is 2.46 bits per heavy atom. The van der Waals surface area contributed by atoms with Crippen LogP contribution in [0.1, 0.15) is 43.9 Å². The van der Waals surface area contributed by atoms with E-state index in [9.17, 15) is 9.18 Å². The van der Waals surface area contributed by atoms with Crippen LogP contribution in [-0.4, -0.2) is 43.4 Å². The van der Waals surface area contributed by atoms with Crippen molar-refractivity contribution in [3.05, 3.63) is 90.0 Å². The molecule has 0 bridgehead atoms. The van der Waals surface area contributed by atoms with Gasteiger partial charge in [0, 0.05) is 25.0 Å². The molecule has 4 aromatic rings. The largest absolute Gasteiger partial charge is 0.338 e. The molecule has 0 aliphatic rings. The van der Waals surface area contributed by atoms with Gasteiger partial charge in [0.05, 0.1) is 17.5 Å². The number of nitrogens with zero attached hydrogens (tertiary/aromatic N) is 5. The lowest BCUT2D eigenvalue weighted by molar-refractivity contribution is -0.128. The molecule has 0 saturated carbocycles. The SMILES string of the molecule is CC(C)c1ccccc1-n1c(SCC(=O)N(C)[C@H](C)c2ccc(F)cc2)nnc1-c1cccnc1. The monoisotopic (exact) mass is 489 g/mol. The Morgan fingerprint density at radius 2 is 1.77 bits per heavy atom. The van der Waals surface area contributed by atoms with Crippen molar-refractivity contribution in [2.24, 2.45) is 0 Å². The topological polar surface area (TPSA) is 63.9 Å². The molecule has 0 N–H and O–H groups in total. The van der Waals surface area contributed by atoms with Crippen LogP contribution in [-0.2, 0) is 4.79 Å². The minimum absolute atomic E-state index is 0.0542. The lowest BCUT2D eigenvalue weighted by Crippen LogP contribution is -2.31. The molecule has 2 aromatic heterocycles. The second-order valence-corrected chi connectivity index (χ2v) is 9.56. The molecule has 0 saturated heterocycles. The first-order valence-corrected chi connectivity index (χ1v) is 12.4. The Bertz CT molecular complexity index is 1290. The number of amides is 1. The fourth-order valence-corrected chi connectivity index (χ4v) is 4.72. The summed E-state index contributed by atoms with van der Waals surface area (Å²) in [5, 5.41) is 9.55. The Balaban J connectivity index is 1.62. The molecule has 8 heteroatoms. The quantitative estimate of drug-likeness (QED) is 0.288. The van der Waals surface area contributed by atoms with E-state index >= 15 is 0 Å². The maximum Gasteiger partial charge on any atom is 0.233 e. The number of carbonyl (C=O) groups excluding carboxylic acids is 1. The van der Waals surface area contributed by atoms with Gasteiger partial charge in [0.25, 0.3) is 0 Å². The van der Waals surface area contributed by atoms with E-state index in [0.717, 1.165) is 22.4 Å². The number of halogens is 1. The lowest BCUT2D eigenvalue weighted by atomic mass is 10.0. The summed E-state index contributed by atoms with van der Waals surface area (Å²) in [6.07, 6.45) is 3.48. The third-order valence-electron chi connectivity index (χ3n) is 6.00. The number of rotatable bonds is 8. The summed E-state index contributed by atoms with van der Waals surface area (Å²) in [5.74, 6) is 0.806. The van der Waals surface area contributed by atoms with E-state index in [0.29, 0.717) is 11.0 Å². The fraction of sp³-hybridized carbons (Fsp3) is 0.259. The molecule has 6 nitrogen and oxygen atoms in total. The summed E-state index contributed by atoms with van der Waals surface area (Å²) >= 11 is 1.35. The number of thioether (sulfide) groups is 1. The summed E-state index contributed by atoms with van der Waals surface area (Å²) in [7, 11) is 1.76. The molecule has 0 aliphatic carbocycles. The van der Waals surface area contributed by atoms with Crippen molar-refractivity contribution in [3.63, 3.8) is 0 Å². The summed E-state index contributed by atoms with van der Waals surface area (Å²) in [4.78, 5) is 19.0. The third kappa shape index (κ3) is 5.43. The Labute approximate surface area is 209 Å². The van der Waals surface area contributed by atoms with Gasteiger partial charge < -0.3 is 4.90 Å². The smallest absolute Gasteiger partial charge is 0.233 e. The predicted octanol–water partition coefficient (Wildman–Crippen LogP) is 5.90. The molecular weight excluding hydrogens is 461 g/mol. The van der Waals surface area contributed by atoms with Crippen molar-refractivity contribution in [2.45, 2.75) is 37.9 Å². The molecule has 1 amide bonds. The number of aromatic nitrogens is 4. The Hall–Kier alpha value is -3.52. The average Bonchev–Trinajstić information content (AvgIpc) is 3.31. The van der Waals surface area contributed by atoms with Crippen LogP contribution in [0.15, 0.2) is 78.2 Å². The molecule has 0 radical (unpaired) electrons. The molecule has 0 unspecified atom stereocenters. The molecule has 0 aliphatic heterocycles. The zero-order valence-corrected chi connectivity index (χ0v) is 21.0. The zero-order chi connectivity index (χ0) is 24.9. The van der Waals surface area contributed by atoms with Crippen LogP contribution in [0.4, 0.5) is 4.39 Å². The standard InChI is InChI=1S/C27H28FN5OS/c1-18(2)23-9-5-6-10-24(23)33-26(21-8-7-15-29-16-21)30-31-27(33)35-17-25(34)32(4)19(3)20-11-13-22(28)14-12-20/h5-16,18-19H,17H2,1-4H3/t19-/m1/s1. The van der Waals surface area contributed by atoms with E-state index in [1.165, 1.54) is 23.9 Å². The van der Waals surface area contributed by atoms with E-state index in [1.54, 1.807) is 36.5 Å². The van der Waals surface area contributed by atoms with E-state index in [1.807, 2.05) is 41.8 Å². The fourth-order valence-electron chi connectivity index (χ4n) is 3.85. The van der Waals surface area contributed by atoms with Crippen molar-refractivity contribution in [1.29, 1.82) is 0 Å². The second kappa shape index (κ2) is 10.8. The lowest BCUT2D eigenvalue weighted by Gasteiger charge is -2.25. The molecule has 35 heavy (non-hydrogen) atoms. The summed E-state index contributed by atoms with van der Waals surface area (Å²) in [6, 6.07) is 18.0. The number of para-hydroxylation sites is 1. The first kappa shape index (κ1) is 24.6. The van der Waals surface area contributed by atoms with Crippen LogP contribution in [0.25, 0.3) is 17.1 Å². The maximum atomic E-state index is 13.3. The summed E-state index contributed by atoms with van der Waals surface area (Å²) in [5.41, 5.74) is 3.86.